The molecule has 0 radical (unpaired) electrons. The number of ether oxygens (including phenoxy) is 1. The lowest BCUT2D eigenvalue weighted by molar-refractivity contribution is -0.170. The number of Topliss-reactive ketones (excluding diaryl/α,β-unsaturated/α-hetero) is 1. The lowest BCUT2D eigenvalue weighted by Crippen LogP contribution is -2.47. The van der Waals surface area contributed by atoms with E-state index in [0.717, 1.165) is 29.5 Å². The lowest BCUT2D eigenvalue weighted by atomic mass is 9.81. The van der Waals surface area contributed by atoms with E-state index in [4.69, 9.17) is 8.92 Å². The second-order valence-corrected chi connectivity index (χ2v) is 9.82. The Morgan fingerprint density at radius 2 is 1.74 bits per heavy atom. The highest BCUT2D eigenvalue weighted by Crippen LogP contribution is 2.37. The van der Waals surface area contributed by atoms with Crippen LogP contribution in [0, 0.1) is 12.3 Å². The molecular weight excluding hydrogens is 416 g/mol. The van der Waals surface area contributed by atoms with Gasteiger partial charge in [0, 0.05) is 0 Å². The minimum Gasteiger partial charge on any atom is -0.457 e. The third kappa shape index (κ3) is 4.72. The van der Waals surface area contributed by atoms with Crippen LogP contribution in [0.3, 0.4) is 0 Å². The van der Waals surface area contributed by atoms with Gasteiger partial charge in [-0.1, -0.05) is 42.0 Å². The Morgan fingerprint density at radius 3 is 2.39 bits per heavy atom. The first-order valence-electron chi connectivity index (χ1n) is 10.4. The number of hydrogen-bond acceptors (Lipinski definition) is 6. The Morgan fingerprint density at radius 1 is 1.10 bits per heavy atom. The molecule has 0 fully saturated rings. The Kier molecular flexibility index (Phi) is 6.67. The Hall–Kier alpha value is -2.51. The third-order valence-corrected chi connectivity index (χ3v) is 7.50. The van der Waals surface area contributed by atoms with E-state index in [0.29, 0.717) is 6.42 Å². The second-order valence-electron chi connectivity index (χ2n) is 8.25. The van der Waals surface area contributed by atoms with Crippen LogP contribution in [0.5, 0.6) is 0 Å². The summed E-state index contributed by atoms with van der Waals surface area (Å²) in [7, 11) is -4.17. The van der Waals surface area contributed by atoms with E-state index in [1.165, 1.54) is 32.9 Å². The molecule has 3 rings (SSSR count). The summed E-state index contributed by atoms with van der Waals surface area (Å²) >= 11 is 0. The number of ketones is 1. The maximum Gasteiger partial charge on any atom is 0.322 e. The first kappa shape index (κ1) is 23.2. The zero-order valence-electron chi connectivity index (χ0n) is 18.3. The average molecular weight is 445 g/mol. The monoisotopic (exact) mass is 444 g/mol. The molecule has 0 spiro atoms. The Balaban J connectivity index is 1.83. The predicted molar refractivity (Wildman–Crippen MR) is 116 cm³/mol. The molecule has 7 heteroatoms. The molecule has 0 amide bonds. The summed E-state index contributed by atoms with van der Waals surface area (Å²) in [6, 6.07) is 13.9. The molecule has 0 bridgehead atoms. The van der Waals surface area contributed by atoms with Crippen molar-refractivity contribution < 1.29 is 26.9 Å². The number of carbonyl (C=O) groups is 2. The topological polar surface area (TPSA) is 86.7 Å². The van der Waals surface area contributed by atoms with Crippen LogP contribution >= 0.6 is 0 Å². The highest BCUT2D eigenvalue weighted by molar-refractivity contribution is 7.86. The van der Waals surface area contributed by atoms with E-state index in [-0.39, 0.29) is 4.90 Å². The number of esters is 1. The van der Waals surface area contributed by atoms with Gasteiger partial charge in [-0.15, -0.1) is 0 Å². The SMILES string of the molecule is CC(=O)C(C)(C(=O)OC1CCCc2ccccc21)C(C)OS(=O)(=O)c1ccc(C)cc1. The predicted octanol–water partition coefficient (Wildman–Crippen LogP) is 4.30. The number of fused-ring (bicyclic) bond motifs is 1. The molecule has 2 aromatic carbocycles. The number of aryl methyl sites for hydroxylation is 2. The van der Waals surface area contributed by atoms with Crippen LogP contribution < -0.4 is 0 Å². The summed E-state index contributed by atoms with van der Waals surface area (Å²) in [6.07, 6.45) is 0.690. The Bertz CT molecular complexity index is 1070. The van der Waals surface area contributed by atoms with Crippen molar-refractivity contribution in [2.75, 3.05) is 0 Å². The molecule has 0 N–H and O–H groups in total. The Labute approximate surface area is 183 Å². The molecule has 0 aliphatic heterocycles. The first-order chi connectivity index (χ1) is 14.6. The summed E-state index contributed by atoms with van der Waals surface area (Å²) < 4.78 is 36.5. The molecule has 0 heterocycles. The molecule has 0 saturated heterocycles. The third-order valence-electron chi connectivity index (χ3n) is 6.11. The first-order valence-corrected chi connectivity index (χ1v) is 11.8. The lowest BCUT2D eigenvalue weighted by Gasteiger charge is -2.33. The standard InChI is InChI=1S/C24H28O6S/c1-16-12-14-20(15-13-16)31(27,28)30-18(3)24(4,17(2)25)23(26)29-22-11-7-9-19-8-5-6-10-21(19)22/h5-6,8,10,12-15,18,22H,7,9,11H2,1-4H3. The fraction of sp³-hybridized carbons (Fsp3) is 0.417. The van der Waals surface area contributed by atoms with Crippen molar-refractivity contribution in [2.45, 2.75) is 64.1 Å². The molecule has 1 aliphatic carbocycles. The summed E-state index contributed by atoms with van der Waals surface area (Å²) in [5.41, 5.74) is 1.16. The van der Waals surface area contributed by atoms with Crippen LogP contribution in [0.4, 0.5) is 0 Å². The van der Waals surface area contributed by atoms with Gasteiger partial charge in [-0.3, -0.25) is 13.8 Å². The molecule has 0 aromatic heterocycles. The van der Waals surface area contributed by atoms with Crippen LogP contribution in [-0.2, 0) is 35.0 Å². The molecule has 3 atom stereocenters. The highest BCUT2D eigenvalue weighted by Gasteiger charge is 2.49. The van der Waals surface area contributed by atoms with E-state index in [1.807, 2.05) is 31.2 Å². The summed E-state index contributed by atoms with van der Waals surface area (Å²) in [6.45, 7) is 5.87. The van der Waals surface area contributed by atoms with Gasteiger partial charge in [0.1, 0.15) is 11.9 Å². The van der Waals surface area contributed by atoms with Gasteiger partial charge >= 0.3 is 5.97 Å². The van der Waals surface area contributed by atoms with E-state index < -0.39 is 39.5 Å². The zero-order chi connectivity index (χ0) is 22.8. The molecule has 0 saturated carbocycles. The number of carbonyl (C=O) groups excluding carboxylic acids is 2. The van der Waals surface area contributed by atoms with E-state index in [1.54, 1.807) is 12.1 Å². The molecule has 1 aliphatic rings. The van der Waals surface area contributed by atoms with Crippen molar-refractivity contribution in [1.29, 1.82) is 0 Å². The molecular formula is C24H28O6S. The van der Waals surface area contributed by atoms with E-state index >= 15 is 0 Å². The van der Waals surface area contributed by atoms with Crippen molar-refractivity contribution in [3.8, 4) is 0 Å². The summed E-state index contributed by atoms with van der Waals surface area (Å²) in [5, 5.41) is 0. The normalized spacial score (nSPS) is 19.0. The van der Waals surface area contributed by atoms with Crippen LogP contribution in [0.2, 0.25) is 0 Å². The van der Waals surface area contributed by atoms with Gasteiger partial charge in [-0.2, -0.15) is 8.42 Å². The van der Waals surface area contributed by atoms with E-state index in [9.17, 15) is 18.0 Å². The largest absolute Gasteiger partial charge is 0.457 e. The minimum absolute atomic E-state index is 0.0366. The van der Waals surface area contributed by atoms with E-state index in [2.05, 4.69) is 0 Å². The van der Waals surface area contributed by atoms with Crippen molar-refractivity contribution >= 4 is 21.9 Å². The maximum atomic E-state index is 13.2. The summed E-state index contributed by atoms with van der Waals surface area (Å²) in [4.78, 5) is 25.7. The average Bonchev–Trinajstić information content (AvgIpc) is 2.73. The van der Waals surface area contributed by atoms with Crippen molar-refractivity contribution in [3.05, 3.63) is 65.2 Å². The molecule has 6 nitrogen and oxygen atoms in total. The fourth-order valence-corrected chi connectivity index (χ4v) is 4.88. The van der Waals surface area contributed by atoms with Crippen molar-refractivity contribution in [2.24, 2.45) is 5.41 Å². The maximum absolute atomic E-state index is 13.2. The highest BCUT2D eigenvalue weighted by atomic mass is 32.2. The minimum atomic E-state index is -4.17. The van der Waals surface area contributed by atoms with Crippen molar-refractivity contribution in [3.63, 3.8) is 0 Å². The van der Waals surface area contributed by atoms with Gasteiger partial charge in [-0.05, 0) is 70.2 Å². The molecule has 3 unspecified atom stereocenters. The van der Waals surface area contributed by atoms with Gasteiger partial charge < -0.3 is 4.74 Å². The second kappa shape index (κ2) is 8.93. The number of rotatable bonds is 7. The van der Waals surface area contributed by atoms with Crippen LogP contribution in [0.25, 0.3) is 0 Å². The van der Waals surface area contributed by atoms with Gasteiger partial charge in [0.05, 0.1) is 11.0 Å². The zero-order valence-corrected chi connectivity index (χ0v) is 19.1. The van der Waals surface area contributed by atoms with Crippen LogP contribution in [0.15, 0.2) is 53.4 Å². The van der Waals surface area contributed by atoms with Crippen LogP contribution in [-0.4, -0.2) is 26.3 Å². The number of hydrogen-bond donors (Lipinski definition) is 0. The fourth-order valence-electron chi connectivity index (χ4n) is 3.73. The smallest absolute Gasteiger partial charge is 0.322 e. The van der Waals surface area contributed by atoms with Gasteiger partial charge in [0.15, 0.2) is 5.41 Å². The quantitative estimate of drug-likeness (QED) is 0.359. The molecule has 166 valence electrons. The van der Waals surface area contributed by atoms with Crippen molar-refractivity contribution in [1.82, 2.24) is 0 Å². The van der Waals surface area contributed by atoms with Gasteiger partial charge in [0.25, 0.3) is 10.1 Å². The number of benzene rings is 2. The molecule has 2 aromatic rings. The van der Waals surface area contributed by atoms with Gasteiger partial charge in [-0.25, -0.2) is 0 Å². The van der Waals surface area contributed by atoms with Crippen LogP contribution in [0.1, 0.15) is 56.4 Å². The van der Waals surface area contributed by atoms with Gasteiger partial charge in [0.2, 0.25) is 0 Å². The summed E-state index contributed by atoms with van der Waals surface area (Å²) in [5.74, 6) is -1.30. The molecule has 31 heavy (non-hydrogen) atoms.